The molecule has 2 aromatic rings. The summed E-state index contributed by atoms with van der Waals surface area (Å²) < 4.78 is 37.3. The molecule has 0 unspecified atom stereocenters. The van der Waals surface area contributed by atoms with E-state index in [0.29, 0.717) is 6.54 Å². The first-order valence-electron chi connectivity index (χ1n) is 7.37. The van der Waals surface area contributed by atoms with Gasteiger partial charge in [0, 0.05) is 6.54 Å². The van der Waals surface area contributed by atoms with Crippen molar-refractivity contribution in [3.05, 3.63) is 70.8 Å². The van der Waals surface area contributed by atoms with Crippen LogP contribution < -0.4 is 5.32 Å². The minimum atomic E-state index is -4.26. The molecule has 0 saturated carbocycles. The number of hydrogen-bond donors (Lipinski definition) is 1. The van der Waals surface area contributed by atoms with E-state index in [-0.39, 0.29) is 0 Å². The Morgan fingerprint density at radius 2 is 1.68 bits per heavy atom. The molecular weight excluding hydrogens is 287 g/mol. The van der Waals surface area contributed by atoms with Gasteiger partial charge in [-0.3, -0.25) is 0 Å². The quantitative estimate of drug-likeness (QED) is 0.760. The summed E-state index contributed by atoms with van der Waals surface area (Å²) in [5.74, 6) is 0. The zero-order chi connectivity index (χ0) is 16.0. The van der Waals surface area contributed by atoms with Crippen LogP contribution in [0.5, 0.6) is 0 Å². The highest BCUT2D eigenvalue weighted by molar-refractivity contribution is 5.24. The average Bonchev–Trinajstić information content (AvgIpc) is 2.46. The summed E-state index contributed by atoms with van der Waals surface area (Å²) >= 11 is 0. The van der Waals surface area contributed by atoms with Gasteiger partial charge in [0.15, 0.2) is 0 Å². The van der Waals surface area contributed by atoms with Gasteiger partial charge in [0.25, 0.3) is 0 Å². The van der Waals surface area contributed by atoms with Gasteiger partial charge in [-0.05, 0) is 49.6 Å². The Labute approximate surface area is 129 Å². The van der Waals surface area contributed by atoms with Gasteiger partial charge in [-0.1, -0.05) is 42.0 Å². The molecule has 0 aliphatic heterocycles. The Morgan fingerprint density at radius 3 is 2.32 bits per heavy atom. The maximum Gasteiger partial charge on any atom is 0.416 e. The van der Waals surface area contributed by atoms with Crippen molar-refractivity contribution in [2.24, 2.45) is 0 Å². The van der Waals surface area contributed by atoms with E-state index in [1.807, 2.05) is 0 Å². The number of nitrogens with one attached hydrogen (secondary N) is 1. The third-order valence-corrected chi connectivity index (χ3v) is 3.51. The van der Waals surface area contributed by atoms with E-state index < -0.39 is 11.7 Å². The number of hydrogen-bond acceptors (Lipinski definition) is 1. The lowest BCUT2D eigenvalue weighted by molar-refractivity contribution is -0.137. The minimum Gasteiger partial charge on any atom is -0.313 e. The first kappa shape index (κ1) is 16.6. The number of aryl methyl sites for hydroxylation is 2. The fourth-order valence-electron chi connectivity index (χ4n) is 2.33. The molecule has 118 valence electrons. The van der Waals surface area contributed by atoms with Crippen molar-refractivity contribution in [1.82, 2.24) is 5.32 Å². The smallest absolute Gasteiger partial charge is 0.313 e. The first-order chi connectivity index (χ1) is 10.4. The lowest BCUT2D eigenvalue weighted by atomic mass is 10.1. The Bertz CT molecular complexity index is 588. The van der Waals surface area contributed by atoms with Gasteiger partial charge in [0.1, 0.15) is 0 Å². The topological polar surface area (TPSA) is 12.0 Å². The van der Waals surface area contributed by atoms with E-state index in [1.165, 1.54) is 23.3 Å². The minimum absolute atomic E-state index is 0.589. The highest BCUT2D eigenvalue weighted by Gasteiger charge is 2.29. The molecule has 0 fully saturated rings. The zero-order valence-electron chi connectivity index (χ0n) is 12.6. The van der Waals surface area contributed by atoms with Gasteiger partial charge in [0.2, 0.25) is 0 Å². The van der Waals surface area contributed by atoms with E-state index in [9.17, 15) is 13.2 Å². The second-order valence-corrected chi connectivity index (χ2v) is 5.46. The van der Waals surface area contributed by atoms with Crippen LogP contribution in [0.25, 0.3) is 0 Å². The zero-order valence-corrected chi connectivity index (χ0v) is 12.6. The Balaban J connectivity index is 1.70. The van der Waals surface area contributed by atoms with Crippen molar-refractivity contribution in [2.75, 3.05) is 6.54 Å². The van der Waals surface area contributed by atoms with E-state index >= 15 is 0 Å². The van der Waals surface area contributed by atoms with E-state index in [0.717, 1.165) is 37.1 Å². The second-order valence-electron chi connectivity index (χ2n) is 5.46. The standard InChI is InChI=1S/C18H20F3N/c1-14-4-2-5-15(12-14)6-3-11-22-13-16-7-9-17(10-8-16)18(19,20)21/h2,4-5,7-10,12,22H,3,6,11,13H2,1H3. The van der Waals surface area contributed by atoms with Crippen molar-refractivity contribution < 1.29 is 13.2 Å². The van der Waals surface area contributed by atoms with Crippen LogP contribution in [0.1, 0.15) is 28.7 Å². The number of benzene rings is 2. The lowest BCUT2D eigenvalue weighted by Crippen LogP contribution is -2.15. The summed E-state index contributed by atoms with van der Waals surface area (Å²) in [5.41, 5.74) is 2.84. The van der Waals surface area contributed by atoms with Crippen molar-refractivity contribution in [1.29, 1.82) is 0 Å². The predicted molar refractivity (Wildman–Crippen MR) is 82.7 cm³/mol. The van der Waals surface area contributed by atoms with Gasteiger partial charge in [-0.15, -0.1) is 0 Å². The molecule has 0 atom stereocenters. The van der Waals surface area contributed by atoms with Crippen molar-refractivity contribution in [3.8, 4) is 0 Å². The van der Waals surface area contributed by atoms with Gasteiger partial charge >= 0.3 is 6.18 Å². The molecule has 0 saturated heterocycles. The van der Waals surface area contributed by atoms with Crippen molar-refractivity contribution in [3.63, 3.8) is 0 Å². The van der Waals surface area contributed by atoms with Crippen LogP contribution in [0.4, 0.5) is 13.2 Å². The Morgan fingerprint density at radius 1 is 0.955 bits per heavy atom. The van der Waals surface area contributed by atoms with E-state index in [4.69, 9.17) is 0 Å². The van der Waals surface area contributed by atoms with Crippen LogP contribution in [0.3, 0.4) is 0 Å². The molecule has 1 N–H and O–H groups in total. The van der Waals surface area contributed by atoms with Crippen LogP contribution in [0.2, 0.25) is 0 Å². The molecule has 0 radical (unpaired) electrons. The summed E-state index contributed by atoms with van der Waals surface area (Å²) in [5, 5.41) is 3.26. The lowest BCUT2D eigenvalue weighted by Gasteiger charge is -2.08. The number of alkyl halides is 3. The predicted octanol–water partition coefficient (Wildman–Crippen LogP) is 4.74. The molecule has 0 aliphatic rings. The van der Waals surface area contributed by atoms with Gasteiger partial charge < -0.3 is 5.32 Å². The van der Waals surface area contributed by atoms with Crippen LogP contribution in [-0.2, 0) is 19.1 Å². The molecule has 0 amide bonds. The van der Waals surface area contributed by atoms with E-state index in [2.05, 4.69) is 36.5 Å². The van der Waals surface area contributed by atoms with Crippen LogP contribution in [0.15, 0.2) is 48.5 Å². The summed E-state index contributed by atoms with van der Waals surface area (Å²) in [4.78, 5) is 0. The molecule has 0 heterocycles. The highest BCUT2D eigenvalue weighted by atomic mass is 19.4. The molecule has 2 rings (SSSR count). The summed E-state index contributed by atoms with van der Waals surface area (Å²) in [6, 6.07) is 13.7. The van der Waals surface area contributed by atoms with E-state index in [1.54, 1.807) is 0 Å². The van der Waals surface area contributed by atoms with Crippen molar-refractivity contribution in [2.45, 2.75) is 32.5 Å². The van der Waals surface area contributed by atoms with Gasteiger partial charge in [-0.25, -0.2) is 0 Å². The highest BCUT2D eigenvalue weighted by Crippen LogP contribution is 2.29. The SMILES string of the molecule is Cc1cccc(CCCNCc2ccc(C(F)(F)F)cc2)c1. The maximum atomic E-state index is 12.4. The fourth-order valence-corrected chi connectivity index (χ4v) is 2.33. The van der Waals surface area contributed by atoms with Gasteiger partial charge in [0.05, 0.1) is 5.56 Å². The molecule has 0 aromatic heterocycles. The molecule has 0 spiro atoms. The molecule has 4 heteroatoms. The number of rotatable bonds is 6. The average molecular weight is 307 g/mol. The molecule has 1 nitrogen and oxygen atoms in total. The second kappa shape index (κ2) is 7.45. The molecular formula is C18H20F3N. The third-order valence-electron chi connectivity index (χ3n) is 3.51. The molecule has 0 bridgehead atoms. The Hall–Kier alpha value is -1.81. The third kappa shape index (κ3) is 5.19. The summed E-state index contributed by atoms with van der Waals surface area (Å²) in [7, 11) is 0. The summed E-state index contributed by atoms with van der Waals surface area (Å²) in [6.07, 6.45) is -2.26. The van der Waals surface area contributed by atoms with Crippen molar-refractivity contribution >= 4 is 0 Å². The van der Waals surface area contributed by atoms with Crippen LogP contribution >= 0.6 is 0 Å². The molecule has 0 aliphatic carbocycles. The monoisotopic (exact) mass is 307 g/mol. The van der Waals surface area contributed by atoms with Crippen LogP contribution in [-0.4, -0.2) is 6.54 Å². The summed E-state index contributed by atoms with van der Waals surface area (Å²) in [6.45, 7) is 3.51. The Kier molecular flexibility index (Phi) is 5.61. The normalized spacial score (nSPS) is 11.6. The van der Waals surface area contributed by atoms with Gasteiger partial charge in [-0.2, -0.15) is 13.2 Å². The molecule has 22 heavy (non-hydrogen) atoms. The number of halogens is 3. The largest absolute Gasteiger partial charge is 0.416 e. The van der Waals surface area contributed by atoms with Crippen LogP contribution in [0, 0.1) is 6.92 Å². The maximum absolute atomic E-state index is 12.4. The molecule has 2 aromatic carbocycles. The fraction of sp³-hybridized carbons (Fsp3) is 0.333. The first-order valence-corrected chi connectivity index (χ1v) is 7.37.